The summed E-state index contributed by atoms with van der Waals surface area (Å²) in [6, 6.07) is 15.1. The number of benzene rings is 1. The molecule has 0 bridgehead atoms. The zero-order chi connectivity index (χ0) is 17.2. The molecule has 3 aromatic heterocycles. The van der Waals surface area contributed by atoms with E-state index in [4.69, 9.17) is 10.7 Å². The van der Waals surface area contributed by atoms with Gasteiger partial charge in [0.1, 0.15) is 0 Å². The van der Waals surface area contributed by atoms with Gasteiger partial charge >= 0.3 is 0 Å². The minimum atomic E-state index is -0.496. The quantitative estimate of drug-likeness (QED) is 0.625. The van der Waals surface area contributed by atoms with E-state index < -0.39 is 5.91 Å². The number of rotatable bonds is 3. The van der Waals surface area contributed by atoms with Crippen LogP contribution in [0.25, 0.3) is 33.3 Å². The predicted octanol–water partition coefficient (Wildman–Crippen LogP) is 3.46. The highest BCUT2D eigenvalue weighted by molar-refractivity contribution is 6.06. The molecule has 0 aliphatic heterocycles. The smallest absolute Gasteiger partial charge is 0.250 e. The number of pyridine rings is 3. The van der Waals surface area contributed by atoms with Crippen molar-refractivity contribution >= 4 is 16.8 Å². The van der Waals surface area contributed by atoms with E-state index >= 15 is 0 Å². The molecule has 1 aromatic carbocycles. The number of para-hydroxylation sites is 1. The van der Waals surface area contributed by atoms with E-state index in [0.717, 1.165) is 27.8 Å². The monoisotopic (exact) mass is 326 g/mol. The van der Waals surface area contributed by atoms with Gasteiger partial charge in [0.2, 0.25) is 0 Å². The highest BCUT2D eigenvalue weighted by atomic mass is 16.1. The van der Waals surface area contributed by atoms with E-state index in [1.54, 1.807) is 36.9 Å². The van der Waals surface area contributed by atoms with Crippen molar-refractivity contribution in [1.29, 1.82) is 0 Å². The maximum absolute atomic E-state index is 11.8. The molecule has 0 unspecified atom stereocenters. The average Bonchev–Trinajstić information content (AvgIpc) is 2.67. The molecule has 4 aromatic rings. The molecule has 0 aliphatic rings. The van der Waals surface area contributed by atoms with Crippen LogP contribution in [0, 0.1) is 0 Å². The normalized spacial score (nSPS) is 10.7. The number of hydrogen-bond donors (Lipinski definition) is 1. The summed E-state index contributed by atoms with van der Waals surface area (Å²) in [6.45, 7) is 0. The van der Waals surface area contributed by atoms with E-state index in [-0.39, 0.29) is 0 Å². The Kier molecular flexibility index (Phi) is 3.67. The van der Waals surface area contributed by atoms with E-state index in [1.807, 2.05) is 36.4 Å². The maximum Gasteiger partial charge on any atom is 0.250 e. The van der Waals surface area contributed by atoms with Gasteiger partial charge in [0.25, 0.3) is 5.91 Å². The number of carbonyl (C=O) groups is 1. The molecule has 0 atom stereocenters. The lowest BCUT2D eigenvalue weighted by Crippen LogP contribution is -2.12. The van der Waals surface area contributed by atoms with Gasteiger partial charge in [-0.1, -0.05) is 18.2 Å². The lowest BCUT2D eigenvalue weighted by molar-refractivity contribution is 0.100. The van der Waals surface area contributed by atoms with Crippen LogP contribution in [0.15, 0.2) is 73.3 Å². The third kappa shape index (κ3) is 2.72. The van der Waals surface area contributed by atoms with Crippen LogP contribution in [0.1, 0.15) is 10.4 Å². The summed E-state index contributed by atoms with van der Waals surface area (Å²) < 4.78 is 0. The van der Waals surface area contributed by atoms with Crippen molar-refractivity contribution in [1.82, 2.24) is 15.0 Å². The molecule has 5 heteroatoms. The molecule has 25 heavy (non-hydrogen) atoms. The van der Waals surface area contributed by atoms with Crippen molar-refractivity contribution in [3.8, 4) is 22.4 Å². The van der Waals surface area contributed by atoms with Crippen LogP contribution in [-0.4, -0.2) is 20.9 Å². The van der Waals surface area contributed by atoms with Crippen LogP contribution in [-0.2, 0) is 0 Å². The molecule has 0 fully saturated rings. The Balaban J connectivity index is 2.08. The van der Waals surface area contributed by atoms with Gasteiger partial charge in [-0.15, -0.1) is 0 Å². The van der Waals surface area contributed by atoms with Gasteiger partial charge in [0.05, 0.1) is 16.8 Å². The van der Waals surface area contributed by atoms with Crippen molar-refractivity contribution in [3.05, 3.63) is 78.9 Å². The predicted molar refractivity (Wildman–Crippen MR) is 96.7 cm³/mol. The first kappa shape index (κ1) is 15.0. The largest absolute Gasteiger partial charge is 0.366 e. The number of nitrogens with two attached hydrogens (primary N) is 1. The SMILES string of the molecule is NC(=O)c1cccc2cc(-c3cccnc3)c(-c3cccnc3)nc12. The Bertz CT molecular complexity index is 1060. The summed E-state index contributed by atoms with van der Waals surface area (Å²) in [7, 11) is 0. The Hall–Kier alpha value is -3.60. The van der Waals surface area contributed by atoms with Crippen molar-refractivity contribution in [2.24, 2.45) is 5.73 Å². The molecule has 3 heterocycles. The number of carbonyl (C=O) groups excluding carboxylic acids is 1. The highest BCUT2D eigenvalue weighted by Crippen LogP contribution is 2.33. The van der Waals surface area contributed by atoms with Crippen LogP contribution in [0.4, 0.5) is 0 Å². The molecule has 120 valence electrons. The number of amides is 1. The summed E-state index contributed by atoms with van der Waals surface area (Å²) in [5.74, 6) is -0.496. The molecule has 4 rings (SSSR count). The fourth-order valence-corrected chi connectivity index (χ4v) is 2.86. The summed E-state index contributed by atoms with van der Waals surface area (Å²) in [5, 5.41) is 0.850. The van der Waals surface area contributed by atoms with Gasteiger partial charge in [-0.2, -0.15) is 0 Å². The van der Waals surface area contributed by atoms with Crippen LogP contribution < -0.4 is 5.73 Å². The minimum Gasteiger partial charge on any atom is -0.366 e. The third-order valence-corrected chi connectivity index (χ3v) is 4.02. The lowest BCUT2D eigenvalue weighted by atomic mass is 9.98. The second-order valence-electron chi connectivity index (χ2n) is 5.61. The first-order chi connectivity index (χ1) is 12.2. The highest BCUT2D eigenvalue weighted by Gasteiger charge is 2.15. The number of hydrogen-bond acceptors (Lipinski definition) is 4. The van der Waals surface area contributed by atoms with E-state index in [1.165, 1.54) is 0 Å². The fraction of sp³-hybridized carbons (Fsp3) is 0. The molecule has 1 amide bonds. The van der Waals surface area contributed by atoms with Crippen molar-refractivity contribution in [3.63, 3.8) is 0 Å². The molecular weight excluding hydrogens is 312 g/mol. The summed E-state index contributed by atoms with van der Waals surface area (Å²) in [4.78, 5) is 24.9. The van der Waals surface area contributed by atoms with Crippen molar-refractivity contribution in [2.75, 3.05) is 0 Å². The van der Waals surface area contributed by atoms with Gasteiger partial charge < -0.3 is 5.73 Å². The average molecular weight is 326 g/mol. The Morgan fingerprint density at radius 1 is 0.880 bits per heavy atom. The van der Waals surface area contributed by atoms with Crippen LogP contribution in [0.2, 0.25) is 0 Å². The van der Waals surface area contributed by atoms with Crippen molar-refractivity contribution < 1.29 is 4.79 Å². The fourth-order valence-electron chi connectivity index (χ4n) is 2.86. The molecule has 0 saturated heterocycles. The second-order valence-corrected chi connectivity index (χ2v) is 5.61. The van der Waals surface area contributed by atoms with Gasteiger partial charge in [-0.05, 0) is 30.3 Å². The summed E-state index contributed by atoms with van der Waals surface area (Å²) in [6.07, 6.45) is 6.98. The number of aromatic nitrogens is 3. The van der Waals surface area contributed by atoms with E-state index in [0.29, 0.717) is 11.1 Å². The Morgan fingerprint density at radius 2 is 1.60 bits per heavy atom. The molecule has 2 N–H and O–H groups in total. The number of fused-ring (bicyclic) bond motifs is 1. The summed E-state index contributed by atoms with van der Waals surface area (Å²) >= 11 is 0. The maximum atomic E-state index is 11.8. The number of nitrogens with zero attached hydrogens (tertiary/aromatic N) is 3. The third-order valence-electron chi connectivity index (χ3n) is 4.02. The van der Waals surface area contributed by atoms with Crippen LogP contribution in [0.3, 0.4) is 0 Å². The Morgan fingerprint density at radius 3 is 2.24 bits per heavy atom. The molecule has 0 radical (unpaired) electrons. The lowest BCUT2D eigenvalue weighted by Gasteiger charge is -2.12. The van der Waals surface area contributed by atoms with E-state index in [2.05, 4.69) is 9.97 Å². The van der Waals surface area contributed by atoms with E-state index in [9.17, 15) is 4.79 Å². The molecular formula is C20H14N4O. The zero-order valence-corrected chi connectivity index (χ0v) is 13.3. The molecule has 5 nitrogen and oxygen atoms in total. The van der Waals surface area contributed by atoms with Crippen molar-refractivity contribution in [2.45, 2.75) is 0 Å². The molecule has 0 spiro atoms. The van der Waals surface area contributed by atoms with Crippen LogP contribution in [0.5, 0.6) is 0 Å². The van der Waals surface area contributed by atoms with Gasteiger partial charge in [0, 0.05) is 46.9 Å². The Labute approximate surface area is 144 Å². The first-order valence-corrected chi connectivity index (χ1v) is 7.78. The minimum absolute atomic E-state index is 0.403. The first-order valence-electron chi connectivity index (χ1n) is 7.78. The standard InChI is InChI=1S/C20H14N4O/c21-20(25)16-7-1-4-13-10-17(14-5-2-8-22-11-14)19(24-18(13)16)15-6-3-9-23-12-15/h1-12H,(H2,21,25). The van der Waals surface area contributed by atoms with Gasteiger partial charge in [-0.25, -0.2) is 4.98 Å². The number of primary amides is 1. The van der Waals surface area contributed by atoms with Gasteiger partial charge in [0.15, 0.2) is 0 Å². The van der Waals surface area contributed by atoms with Gasteiger partial charge in [-0.3, -0.25) is 14.8 Å². The molecule has 0 saturated carbocycles. The topological polar surface area (TPSA) is 81.8 Å². The zero-order valence-electron chi connectivity index (χ0n) is 13.3. The second kappa shape index (κ2) is 6.13. The van der Waals surface area contributed by atoms with Crippen LogP contribution >= 0.6 is 0 Å². The summed E-state index contributed by atoms with van der Waals surface area (Å²) in [5.41, 5.74) is 9.98. The molecule has 0 aliphatic carbocycles.